The molecule has 0 aliphatic carbocycles. The molecule has 2 aliphatic heterocycles. The predicted molar refractivity (Wildman–Crippen MR) is 122 cm³/mol. The molecular formula is C24H38N4O3. The normalized spacial score (nSPS) is 24.2. The molecule has 3 unspecified atom stereocenters. The minimum atomic E-state index is -0.116. The van der Waals surface area contributed by atoms with Gasteiger partial charge in [0.25, 0.3) is 0 Å². The number of morpholine rings is 1. The second-order valence-corrected chi connectivity index (χ2v) is 9.26. The number of carbonyl (C=O) groups is 2. The quantitative estimate of drug-likeness (QED) is 0.712. The Balaban J connectivity index is 1.47. The van der Waals surface area contributed by atoms with Crippen LogP contribution in [0.4, 0.5) is 0 Å². The van der Waals surface area contributed by atoms with Crippen molar-refractivity contribution in [1.29, 1.82) is 0 Å². The zero-order valence-corrected chi connectivity index (χ0v) is 19.4. The smallest absolute Gasteiger partial charge is 0.240 e. The van der Waals surface area contributed by atoms with E-state index < -0.39 is 0 Å². The molecule has 7 heteroatoms. The molecule has 3 rings (SSSR count). The number of hydrogen-bond acceptors (Lipinski definition) is 5. The van der Waals surface area contributed by atoms with Gasteiger partial charge in [0.15, 0.2) is 0 Å². The van der Waals surface area contributed by atoms with Crippen LogP contribution in [0, 0.1) is 5.92 Å². The molecule has 0 aromatic heterocycles. The van der Waals surface area contributed by atoms with E-state index in [1.807, 2.05) is 35.2 Å². The second kappa shape index (κ2) is 11.1. The van der Waals surface area contributed by atoms with Gasteiger partial charge in [0.2, 0.25) is 11.8 Å². The summed E-state index contributed by atoms with van der Waals surface area (Å²) in [5.74, 6) is 0.483. The van der Waals surface area contributed by atoms with E-state index in [-0.39, 0.29) is 36.0 Å². The molecule has 31 heavy (non-hydrogen) atoms. The number of piperazine rings is 1. The van der Waals surface area contributed by atoms with E-state index in [9.17, 15) is 9.59 Å². The monoisotopic (exact) mass is 430 g/mol. The van der Waals surface area contributed by atoms with Gasteiger partial charge in [-0.1, -0.05) is 44.2 Å². The fourth-order valence-electron chi connectivity index (χ4n) is 4.68. The molecular weight excluding hydrogens is 392 g/mol. The Kier molecular flexibility index (Phi) is 8.46. The van der Waals surface area contributed by atoms with Gasteiger partial charge in [-0.25, -0.2) is 0 Å². The maximum absolute atomic E-state index is 13.4. The molecule has 3 atom stereocenters. The molecule has 7 nitrogen and oxygen atoms in total. The van der Waals surface area contributed by atoms with Crippen molar-refractivity contribution >= 4 is 11.8 Å². The molecule has 2 aliphatic rings. The first-order chi connectivity index (χ1) is 14.8. The van der Waals surface area contributed by atoms with Gasteiger partial charge >= 0.3 is 0 Å². The Labute approximate surface area is 186 Å². The molecule has 1 N–H and O–H groups in total. The van der Waals surface area contributed by atoms with Crippen LogP contribution >= 0.6 is 0 Å². The predicted octanol–water partition coefficient (Wildman–Crippen LogP) is 1.58. The fraction of sp³-hybridized carbons (Fsp3) is 0.667. The number of benzene rings is 1. The number of rotatable bonds is 7. The molecule has 2 heterocycles. The van der Waals surface area contributed by atoms with Gasteiger partial charge in [0.1, 0.15) is 0 Å². The van der Waals surface area contributed by atoms with Gasteiger partial charge in [-0.15, -0.1) is 0 Å². The average molecular weight is 431 g/mol. The number of nitrogens with zero attached hydrogens (tertiary/aromatic N) is 3. The zero-order chi connectivity index (χ0) is 22.4. The molecule has 1 aromatic carbocycles. The van der Waals surface area contributed by atoms with Crippen LogP contribution in [0.3, 0.4) is 0 Å². The van der Waals surface area contributed by atoms with E-state index in [2.05, 4.69) is 42.8 Å². The first-order valence-corrected chi connectivity index (χ1v) is 11.5. The van der Waals surface area contributed by atoms with Crippen molar-refractivity contribution in [2.45, 2.75) is 52.5 Å². The maximum Gasteiger partial charge on any atom is 0.240 e. The number of nitrogens with one attached hydrogen (secondary N) is 1. The minimum Gasteiger partial charge on any atom is -0.373 e. The van der Waals surface area contributed by atoms with Crippen LogP contribution in [0.15, 0.2) is 30.3 Å². The highest BCUT2D eigenvalue weighted by molar-refractivity contribution is 5.82. The van der Waals surface area contributed by atoms with E-state index in [4.69, 9.17) is 4.74 Å². The first-order valence-electron chi connectivity index (χ1n) is 11.5. The van der Waals surface area contributed by atoms with Gasteiger partial charge in [-0.3, -0.25) is 19.4 Å². The van der Waals surface area contributed by atoms with Crippen molar-refractivity contribution in [1.82, 2.24) is 20.0 Å². The molecule has 0 spiro atoms. The lowest BCUT2D eigenvalue weighted by Crippen LogP contribution is -2.60. The van der Waals surface area contributed by atoms with Gasteiger partial charge in [0, 0.05) is 45.8 Å². The van der Waals surface area contributed by atoms with Crippen molar-refractivity contribution in [2.75, 3.05) is 45.8 Å². The van der Waals surface area contributed by atoms with Gasteiger partial charge in [0.05, 0.1) is 24.8 Å². The highest BCUT2D eigenvalue weighted by atomic mass is 16.5. The van der Waals surface area contributed by atoms with Crippen molar-refractivity contribution in [3.63, 3.8) is 0 Å². The maximum atomic E-state index is 13.4. The van der Waals surface area contributed by atoms with Crippen LogP contribution in [0.2, 0.25) is 0 Å². The van der Waals surface area contributed by atoms with Crippen LogP contribution < -0.4 is 5.32 Å². The summed E-state index contributed by atoms with van der Waals surface area (Å²) in [6.45, 7) is 13.7. The Bertz CT molecular complexity index is 709. The molecule has 0 saturated carbocycles. The van der Waals surface area contributed by atoms with Crippen molar-refractivity contribution in [3.05, 3.63) is 35.9 Å². The lowest BCUT2D eigenvalue weighted by Gasteiger charge is -2.44. The van der Waals surface area contributed by atoms with Gasteiger partial charge in [-0.05, 0) is 25.3 Å². The minimum absolute atomic E-state index is 0.0278. The van der Waals surface area contributed by atoms with E-state index in [1.54, 1.807) is 0 Å². The fourth-order valence-corrected chi connectivity index (χ4v) is 4.68. The van der Waals surface area contributed by atoms with Crippen molar-refractivity contribution < 1.29 is 14.3 Å². The van der Waals surface area contributed by atoms with Crippen molar-refractivity contribution in [3.8, 4) is 0 Å². The lowest BCUT2D eigenvalue weighted by molar-refractivity contribution is -0.147. The standard InChI is InChI=1S/C24H38N4O3/c1-18(2)23(28-15-19(3)31-20(4)16-28)24(30)27-12-10-26(11-13-27)17-22(29)25-14-21-8-6-5-7-9-21/h5-9,18-20,23H,10-17H2,1-4H3,(H,25,29). The summed E-state index contributed by atoms with van der Waals surface area (Å²) in [7, 11) is 0. The molecule has 172 valence electrons. The van der Waals surface area contributed by atoms with E-state index in [0.29, 0.717) is 26.2 Å². The summed E-state index contributed by atoms with van der Waals surface area (Å²) >= 11 is 0. The summed E-state index contributed by atoms with van der Waals surface area (Å²) in [4.78, 5) is 32.1. The highest BCUT2D eigenvalue weighted by Crippen LogP contribution is 2.21. The molecule has 0 bridgehead atoms. The Morgan fingerprint density at radius 3 is 2.23 bits per heavy atom. The van der Waals surface area contributed by atoms with Crippen molar-refractivity contribution in [2.24, 2.45) is 5.92 Å². The third-order valence-electron chi connectivity index (χ3n) is 6.11. The van der Waals surface area contributed by atoms with Crippen LogP contribution in [0.25, 0.3) is 0 Å². The van der Waals surface area contributed by atoms with E-state index in [1.165, 1.54) is 0 Å². The highest BCUT2D eigenvalue weighted by Gasteiger charge is 2.37. The van der Waals surface area contributed by atoms with E-state index in [0.717, 1.165) is 31.7 Å². The average Bonchev–Trinajstić information content (AvgIpc) is 2.72. The van der Waals surface area contributed by atoms with Crippen LogP contribution in [0.1, 0.15) is 33.3 Å². The summed E-state index contributed by atoms with van der Waals surface area (Å²) < 4.78 is 5.86. The molecule has 2 amide bonds. The largest absolute Gasteiger partial charge is 0.373 e. The van der Waals surface area contributed by atoms with E-state index >= 15 is 0 Å². The summed E-state index contributed by atoms with van der Waals surface area (Å²) in [5, 5.41) is 2.98. The third-order valence-corrected chi connectivity index (χ3v) is 6.11. The van der Waals surface area contributed by atoms with Crippen LogP contribution in [-0.2, 0) is 20.9 Å². The Hall–Kier alpha value is -1.96. The summed E-state index contributed by atoms with van der Waals surface area (Å²) in [6.07, 6.45) is 0.285. The Morgan fingerprint density at radius 1 is 1.03 bits per heavy atom. The molecule has 0 radical (unpaired) electrons. The number of hydrogen-bond donors (Lipinski definition) is 1. The molecule has 2 saturated heterocycles. The number of ether oxygens (including phenoxy) is 1. The zero-order valence-electron chi connectivity index (χ0n) is 19.4. The SMILES string of the molecule is CC1CN(C(C(=O)N2CCN(CC(=O)NCc3ccccc3)CC2)C(C)C)CC(C)O1. The molecule has 1 aromatic rings. The number of amides is 2. The number of carbonyl (C=O) groups excluding carboxylic acids is 2. The Morgan fingerprint density at radius 2 is 1.65 bits per heavy atom. The second-order valence-electron chi connectivity index (χ2n) is 9.26. The summed E-state index contributed by atoms with van der Waals surface area (Å²) in [6, 6.07) is 9.81. The van der Waals surface area contributed by atoms with Crippen LogP contribution in [0.5, 0.6) is 0 Å². The van der Waals surface area contributed by atoms with Gasteiger partial charge in [-0.2, -0.15) is 0 Å². The van der Waals surface area contributed by atoms with Crippen LogP contribution in [-0.4, -0.2) is 90.6 Å². The topological polar surface area (TPSA) is 65.1 Å². The van der Waals surface area contributed by atoms with Gasteiger partial charge < -0.3 is 15.0 Å². The summed E-state index contributed by atoms with van der Waals surface area (Å²) in [5.41, 5.74) is 1.10. The molecule has 2 fully saturated rings. The lowest BCUT2D eigenvalue weighted by atomic mass is 9.98. The third kappa shape index (κ3) is 6.76. The first kappa shape index (κ1) is 23.7.